The number of nitrogens with one attached hydrogen (secondary N) is 1. The van der Waals surface area contributed by atoms with Gasteiger partial charge in [-0.15, -0.1) is 0 Å². The Morgan fingerprint density at radius 1 is 1.56 bits per heavy atom. The fourth-order valence-electron chi connectivity index (χ4n) is 2.10. The number of carbonyl (C=O) groups is 1. The molecule has 2 atom stereocenters. The van der Waals surface area contributed by atoms with Crippen molar-refractivity contribution >= 4 is 15.9 Å². The largest absolute Gasteiger partial charge is 0.394 e. The Balaban J connectivity index is 2.73. The molecule has 2 N–H and O–H groups in total. The molecule has 1 saturated heterocycles. The number of nitrogens with zero attached hydrogens (tertiary/aromatic N) is 1. The standard InChI is InChI=1S/C11H22N2O4S/c1-3-7-18(16,17)13-6-4-5-10(13)11(15)12-9(2)8-14/h9-10,14H,3-8H2,1-2H3,(H,12,15)/t9-,10?/m1/s1. The fourth-order valence-corrected chi connectivity index (χ4v) is 3.84. The van der Waals surface area contributed by atoms with E-state index in [1.54, 1.807) is 13.8 Å². The first-order chi connectivity index (χ1) is 8.42. The summed E-state index contributed by atoms with van der Waals surface area (Å²) in [5, 5.41) is 11.5. The second kappa shape index (κ2) is 6.49. The van der Waals surface area contributed by atoms with Crippen molar-refractivity contribution in [3.63, 3.8) is 0 Å². The highest BCUT2D eigenvalue weighted by Crippen LogP contribution is 2.22. The molecule has 106 valence electrons. The molecule has 6 nitrogen and oxygen atoms in total. The van der Waals surface area contributed by atoms with Gasteiger partial charge in [-0.3, -0.25) is 4.79 Å². The number of aliphatic hydroxyl groups is 1. The average Bonchev–Trinajstić information content (AvgIpc) is 2.78. The molecule has 0 spiro atoms. The van der Waals surface area contributed by atoms with Gasteiger partial charge in [0.05, 0.1) is 12.4 Å². The van der Waals surface area contributed by atoms with Crippen LogP contribution in [0.4, 0.5) is 0 Å². The van der Waals surface area contributed by atoms with Gasteiger partial charge in [0, 0.05) is 12.6 Å². The third-order valence-electron chi connectivity index (χ3n) is 2.99. The highest BCUT2D eigenvalue weighted by atomic mass is 32.2. The summed E-state index contributed by atoms with van der Waals surface area (Å²) in [5.74, 6) is -0.236. The number of hydrogen-bond acceptors (Lipinski definition) is 4. The van der Waals surface area contributed by atoms with E-state index in [0.29, 0.717) is 25.8 Å². The molecule has 0 bridgehead atoms. The van der Waals surface area contributed by atoms with E-state index in [0.717, 1.165) is 0 Å². The van der Waals surface area contributed by atoms with E-state index in [4.69, 9.17) is 5.11 Å². The molecule has 1 aliphatic heterocycles. The van der Waals surface area contributed by atoms with Crippen LogP contribution in [-0.2, 0) is 14.8 Å². The fraction of sp³-hybridized carbons (Fsp3) is 0.909. The van der Waals surface area contributed by atoms with Crippen LogP contribution in [0.3, 0.4) is 0 Å². The molecule has 1 aliphatic rings. The number of rotatable bonds is 6. The molecule has 0 saturated carbocycles. The van der Waals surface area contributed by atoms with Crippen LogP contribution in [0.2, 0.25) is 0 Å². The zero-order valence-electron chi connectivity index (χ0n) is 10.9. The number of sulfonamides is 1. The summed E-state index contributed by atoms with van der Waals surface area (Å²) < 4.78 is 25.3. The topological polar surface area (TPSA) is 86.7 Å². The molecule has 0 aromatic heterocycles. The second-order valence-corrected chi connectivity index (χ2v) is 6.72. The van der Waals surface area contributed by atoms with Crippen LogP contribution in [0.15, 0.2) is 0 Å². The maximum atomic E-state index is 12.0. The predicted molar refractivity (Wildman–Crippen MR) is 68.5 cm³/mol. The van der Waals surface area contributed by atoms with Crippen LogP contribution >= 0.6 is 0 Å². The average molecular weight is 278 g/mol. The lowest BCUT2D eigenvalue weighted by atomic mass is 10.2. The zero-order chi connectivity index (χ0) is 13.8. The molecule has 0 aromatic rings. The van der Waals surface area contributed by atoms with Crippen molar-refractivity contribution in [3.8, 4) is 0 Å². The SMILES string of the molecule is CCCS(=O)(=O)N1CCCC1C(=O)N[C@H](C)CO. The Morgan fingerprint density at radius 2 is 2.22 bits per heavy atom. The second-order valence-electron chi connectivity index (χ2n) is 4.68. The van der Waals surface area contributed by atoms with Gasteiger partial charge >= 0.3 is 0 Å². The Labute approximate surface area is 108 Å². The van der Waals surface area contributed by atoms with Crippen molar-refractivity contribution in [1.82, 2.24) is 9.62 Å². The molecule has 1 unspecified atom stereocenters. The van der Waals surface area contributed by atoms with Crippen LogP contribution < -0.4 is 5.32 Å². The Bertz CT molecular complexity index is 383. The first-order valence-corrected chi connectivity index (χ1v) is 7.94. The van der Waals surface area contributed by atoms with E-state index in [1.807, 2.05) is 0 Å². The van der Waals surface area contributed by atoms with Crippen molar-refractivity contribution in [2.45, 2.75) is 45.2 Å². The molecule has 0 aliphatic carbocycles. The van der Waals surface area contributed by atoms with Crippen molar-refractivity contribution in [2.24, 2.45) is 0 Å². The minimum atomic E-state index is -3.34. The van der Waals surface area contributed by atoms with Crippen molar-refractivity contribution in [1.29, 1.82) is 0 Å². The number of amides is 1. The summed E-state index contributed by atoms with van der Waals surface area (Å²) in [7, 11) is -3.34. The summed E-state index contributed by atoms with van der Waals surface area (Å²) in [6, 6.07) is -0.968. The van der Waals surface area contributed by atoms with E-state index in [1.165, 1.54) is 4.31 Å². The molecular formula is C11H22N2O4S. The molecule has 1 amide bonds. The van der Waals surface area contributed by atoms with Crippen LogP contribution in [0.5, 0.6) is 0 Å². The van der Waals surface area contributed by atoms with Crippen LogP contribution in [0.25, 0.3) is 0 Å². The van der Waals surface area contributed by atoms with Crippen molar-refractivity contribution in [2.75, 3.05) is 18.9 Å². The number of carbonyl (C=O) groups excluding carboxylic acids is 1. The maximum Gasteiger partial charge on any atom is 0.238 e. The van der Waals surface area contributed by atoms with Crippen molar-refractivity contribution in [3.05, 3.63) is 0 Å². The molecule has 0 radical (unpaired) electrons. The Morgan fingerprint density at radius 3 is 2.78 bits per heavy atom. The third-order valence-corrected chi connectivity index (χ3v) is 5.06. The molecule has 1 fully saturated rings. The Kier molecular flexibility index (Phi) is 5.55. The summed E-state index contributed by atoms with van der Waals surface area (Å²) in [6.07, 6.45) is 1.79. The smallest absolute Gasteiger partial charge is 0.238 e. The molecule has 1 heterocycles. The molecule has 7 heteroatoms. The normalized spacial score (nSPS) is 22.9. The van der Waals surface area contributed by atoms with Gasteiger partial charge < -0.3 is 10.4 Å². The van der Waals surface area contributed by atoms with Gasteiger partial charge in [0.25, 0.3) is 0 Å². The maximum absolute atomic E-state index is 12.0. The minimum absolute atomic E-state index is 0.0757. The summed E-state index contributed by atoms with van der Waals surface area (Å²) >= 11 is 0. The van der Waals surface area contributed by atoms with E-state index < -0.39 is 16.1 Å². The predicted octanol–water partition coefficient (Wildman–Crippen LogP) is -0.312. The quantitative estimate of drug-likeness (QED) is 0.697. The first-order valence-electron chi connectivity index (χ1n) is 6.33. The van der Waals surface area contributed by atoms with E-state index in [-0.39, 0.29) is 24.3 Å². The van der Waals surface area contributed by atoms with E-state index in [9.17, 15) is 13.2 Å². The van der Waals surface area contributed by atoms with Gasteiger partial charge in [-0.1, -0.05) is 6.92 Å². The lowest BCUT2D eigenvalue weighted by Crippen LogP contribution is -2.49. The van der Waals surface area contributed by atoms with Crippen LogP contribution in [-0.4, -0.2) is 54.7 Å². The number of aliphatic hydroxyl groups excluding tert-OH is 1. The van der Waals surface area contributed by atoms with Gasteiger partial charge in [0.2, 0.25) is 15.9 Å². The lowest BCUT2D eigenvalue weighted by Gasteiger charge is -2.24. The van der Waals surface area contributed by atoms with Crippen LogP contribution in [0.1, 0.15) is 33.1 Å². The van der Waals surface area contributed by atoms with Gasteiger partial charge in [-0.05, 0) is 26.2 Å². The number of hydrogen-bond donors (Lipinski definition) is 2. The summed E-state index contributed by atoms with van der Waals surface area (Å²) in [4.78, 5) is 11.9. The van der Waals surface area contributed by atoms with Gasteiger partial charge in [0.15, 0.2) is 0 Å². The van der Waals surface area contributed by atoms with Gasteiger partial charge in [0.1, 0.15) is 6.04 Å². The zero-order valence-corrected chi connectivity index (χ0v) is 11.7. The van der Waals surface area contributed by atoms with E-state index >= 15 is 0 Å². The Hall–Kier alpha value is -0.660. The highest BCUT2D eigenvalue weighted by molar-refractivity contribution is 7.89. The minimum Gasteiger partial charge on any atom is -0.394 e. The third kappa shape index (κ3) is 3.66. The molecular weight excluding hydrogens is 256 g/mol. The van der Waals surface area contributed by atoms with Crippen LogP contribution in [0, 0.1) is 0 Å². The van der Waals surface area contributed by atoms with E-state index in [2.05, 4.69) is 5.32 Å². The van der Waals surface area contributed by atoms with Crippen molar-refractivity contribution < 1.29 is 18.3 Å². The van der Waals surface area contributed by atoms with Gasteiger partial charge in [-0.2, -0.15) is 4.31 Å². The summed E-state index contributed by atoms with van der Waals surface area (Å²) in [5.41, 5.74) is 0. The van der Waals surface area contributed by atoms with Gasteiger partial charge in [-0.25, -0.2) is 8.42 Å². The molecule has 18 heavy (non-hydrogen) atoms. The first kappa shape index (κ1) is 15.4. The summed E-state index contributed by atoms with van der Waals surface area (Å²) in [6.45, 7) is 3.74. The molecule has 1 rings (SSSR count). The highest BCUT2D eigenvalue weighted by Gasteiger charge is 2.38. The lowest BCUT2D eigenvalue weighted by molar-refractivity contribution is -0.125. The molecule has 0 aromatic carbocycles. The monoisotopic (exact) mass is 278 g/mol.